The third-order valence-corrected chi connectivity index (χ3v) is 4.35. The van der Waals surface area contributed by atoms with Gasteiger partial charge in [-0.2, -0.15) is 0 Å². The van der Waals surface area contributed by atoms with Gasteiger partial charge in [-0.15, -0.1) is 0 Å². The molecule has 0 saturated heterocycles. The van der Waals surface area contributed by atoms with Gasteiger partial charge in [0.15, 0.2) is 11.6 Å². The van der Waals surface area contributed by atoms with E-state index < -0.39 is 11.6 Å². The molecule has 2 aromatic rings. The van der Waals surface area contributed by atoms with Gasteiger partial charge in [0.25, 0.3) is 0 Å². The minimum absolute atomic E-state index is 0.0370. The Morgan fingerprint density at radius 2 is 1.65 bits per heavy atom. The second-order valence-electron chi connectivity index (χ2n) is 6.59. The van der Waals surface area contributed by atoms with E-state index in [0.717, 1.165) is 5.56 Å². The molecule has 2 amide bonds. The highest BCUT2D eigenvalue weighted by Gasteiger charge is 2.23. The Morgan fingerprint density at radius 3 is 2.27 bits per heavy atom. The molecule has 5 nitrogen and oxygen atoms in total. The Labute approximate surface area is 157 Å². The third-order valence-electron chi connectivity index (χ3n) is 4.02. The molecule has 2 rings (SSSR count). The first-order valence-corrected chi connectivity index (χ1v) is 8.49. The Morgan fingerprint density at radius 1 is 0.962 bits per heavy atom. The van der Waals surface area contributed by atoms with Gasteiger partial charge < -0.3 is 10.6 Å². The average Bonchev–Trinajstić information content (AvgIpc) is 2.56. The summed E-state index contributed by atoms with van der Waals surface area (Å²) in [6, 6.07) is 11.4. The first-order valence-electron chi connectivity index (χ1n) is 8.11. The lowest BCUT2D eigenvalue weighted by atomic mass is 9.92. The smallest absolute Gasteiger partial charge is 0.319 e. The second kappa shape index (κ2) is 7.70. The number of urea groups is 1. The summed E-state index contributed by atoms with van der Waals surface area (Å²) < 4.78 is 0. The lowest BCUT2D eigenvalue weighted by Gasteiger charge is -2.27. The number of carbonyl (C=O) groups is 3. The van der Waals surface area contributed by atoms with Crippen molar-refractivity contribution in [3.05, 3.63) is 64.2 Å². The summed E-state index contributed by atoms with van der Waals surface area (Å²) in [6.07, 6.45) is 0. The largest absolute Gasteiger partial charge is 0.329 e. The lowest BCUT2D eigenvalue weighted by Crippen LogP contribution is -2.43. The maximum Gasteiger partial charge on any atom is 0.319 e. The Bertz CT molecular complexity index is 875. The average molecular weight is 373 g/mol. The molecule has 0 aliphatic rings. The molecule has 26 heavy (non-hydrogen) atoms. The van der Waals surface area contributed by atoms with Gasteiger partial charge >= 0.3 is 6.03 Å². The fourth-order valence-electron chi connectivity index (χ4n) is 2.52. The molecule has 2 N–H and O–H groups in total. The lowest BCUT2D eigenvalue weighted by molar-refractivity contribution is 0.100. The molecule has 0 aromatic heterocycles. The summed E-state index contributed by atoms with van der Waals surface area (Å²) in [6.45, 7) is 6.60. The molecule has 0 radical (unpaired) electrons. The maximum atomic E-state index is 12.4. The van der Waals surface area contributed by atoms with Crippen LogP contribution >= 0.6 is 11.6 Å². The van der Waals surface area contributed by atoms with Crippen LogP contribution in [-0.4, -0.2) is 17.6 Å². The van der Waals surface area contributed by atoms with Crippen molar-refractivity contribution in [3.63, 3.8) is 0 Å². The minimum Gasteiger partial charge on any atom is -0.329 e. The van der Waals surface area contributed by atoms with Gasteiger partial charge in [0.1, 0.15) is 0 Å². The van der Waals surface area contributed by atoms with Crippen LogP contribution in [0.5, 0.6) is 0 Å². The molecular weight excluding hydrogens is 352 g/mol. The number of rotatable bonds is 5. The van der Waals surface area contributed by atoms with Crippen LogP contribution in [0.1, 0.15) is 54.0 Å². The number of hydrogen-bond acceptors (Lipinski definition) is 3. The number of carbonyl (C=O) groups excluding carboxylic acids is 3. The second-order valence-corrected chi connectivity index (χ2v) is 7.00. The Kier molecular flexibility index (Phi) is 5.83. The number of nitrogens with one attached hydrogen (secondary N) is 2. The molecule has 0 fully saturated rings. The summed E-state index contributed by atoms with van der Waals surface area (Å²) in [5, 5.41) is 5.91. The van der Waals surface area contributed by atoms with Crippen molar-refractivity contribution >= 4 is 34.9 Å². The first kappa shape index (κ1) is 19.7. The van der Waals surface area contributed by atoms with Crippen molar-refractivity contribution in [1.82, 2.24) is 5.32 Å². The van der Waals surface area contributed by atoms with Gasteiger partial charge in [-0.05, 0) is 57.5 Å². The topological polar surface area (TPSA) is 75.3 Å². The number of halogens is 1. The number of Topliss-reactive ketones (excluding diaryl/α,β-unsaturated/α-hetero) is 2. The molecule has 0 saturated carbocycles. The zero-order valence-corrected chi connectivity index (χ0v) is 15.9. The van der Waals surface area contributed by atoms with Gasteiger partial charge in [0.05, 0.1) is 10.6 Å². The fraction of sp³-hybridized carbons (Fsp3) is 0.250. The van der Waals surface area contributed by atoms with E-state index in [-0.39, 0.29) is 11.6 Å². The van der Waals surface area contributed by atoms with Crippen molar-refractivity contribution in [2.75, 3.05) is 5.32 Å². The monoisotopic (exact) mass is 372 g/mol. The van der Waals surface area contributed by atoms with E-state index in [1.54, 1.807) is 30.3 Å². The summed E-state index contributed by atoms with van der Waals surface area (Å²) >= 11 is 5.98. The van der Waals surface area contributed by atoms with Crippen molar-refractivity contribution in [2.24, 2.45) is 0 Å². The minimum atomic E-state index is -0.703. The number of benzene rings is 2. The van der Waals surface area contributed by atoms with E-state index in [4.69, 9.17) is 11.6 Å². The van der Waals surface area contributed by atoms with Crippen LogP contribution in [0.4, 0.5) is 10.5 Å². The highest BCUT2D eigenvalue weighted by molar-refractivity contribution is 6.34. The molecular formula is C20H21ClN2O3. The van der Waals surface area contributed by atoms with Gasteiger partial charge in [0.2, 0.25) is 0 Å². The molecule has 0 heterocycles. The normalized spacial score (nSPS) is 11.0. The molecule has 6 heteroatoms. The molecule has 0 spiro atoms. The molecule has 136 valence electrons. The molecule has 0 aliphatic heterocycles. The summed E-state index contributed by atoms with van der Waals surface area (Å²) in [4.78, 5) is 35.5. The van der Waals surface area contributed by atoms with E-state index in [2.05, 4.69) is 10.6 Å². The Balaban J connectivity index is 2.16. The van der Waals surface area contributed by atoms with E-state index in [0.29, 0.717) is 21.8 Å². The number of anilines is 1. The summed E-state index contributed by atoms with van der Waals surface area (Å²) in [7, 11) is 0. The standard InChI is InChI=1S/C20H21ClN2O3/c1-12(24)14-6-5-7-15(10-14)20(3,4)23-19(26)22-16-8-9-18(21)17(11-16)13(2)25/h5-11H,1-4H3,(H2,22,23,26). The molecule has 2 aromatic carbocycles. The van der Waals surface area contributed by atoms with Gasteiger partial charge in [-0.1, -0.05) is 29.8 Å². The van der Waals surface area contributed by atoms with Crippen molar-refractivity contribution in [3.8, 4) is 0 Å². The summed E-state index contributed by atoms with van der Waals surface area (Å²) in [5.41, 5.74) is 1.50. The van der Waals surface area contributed by atoms with Crippen molar-refractivity contribution < 1.29 is 14.4 Å². The van der Waals surface area contributed by atoms with E-state index >= 15 is 0 Å². The van der Waals surface area contributed by atoms with E-state index in [9.17, 15) is 14.4 Å². The number of amides is 2. The molecule has 0 bridgehead atoms. The van der Waals surface area contributed by atoms with Gasteiger partial charge in [-0.3, -0.25) is 9.59 Å². The predicted molar refractivity (Wildman–Crippen MR) is 103 cm³/mol. The quantitative estimate of drug-likeness (QED) is 0.740. The first-order chi connectivity index (χ1) is 12.1. The van der Waals surface area contributed by atoms with Gasteiger partial charge in [0, 0.05) is 16.8 Å². The van der Waals surface area contributed by atoms with Crippen LogP contribution in [0.2, 0.25) is 5.02 Å². The zero-order chi connectivity index (χ0) is 19.5. The summed E-state index contributed by atoms with van der Waals surface area (Å²) in [5.74, 6) is -0.217. The third kappa shape index (κ3) is 4.70. The van der Waals surface area contributed by atoms with Crippen LogP contribution in [0.3, 0.4) is 0 Å². The molecule has 0 unspecified atom stereocenters. The SMILES string of the molecule is CC(=O)c1cccc(C(C)(C)NC(=O)Nc2ccc(Cl)c(C(C)=O)c2)c1. The van der Waals surface area contributed by atoms with Crippen LogP contribution < -0.4 is 10.6 Å². The van der Waals surface area contributed by atoms with E-state index in [1.807, 2.05) is 19.9 Å². The highest BCUT2D eigenvalue weighted by Crippen LogP contribution is 2.23. The van der Waals surface area contributed by atoms with Crippen LogP contribution in [0.15, 0.2) is 42.5 Å². The highest BCUT2D eigenvalue weighted by atomic mass is 35.5. The predicted octanol–water partition coefficient (Wildman–Crippen LogP) is 4.80. The molecule has 0 atom stereocenters. The fourth-order valence-corrected chi connectivity index (χ4v) is 2.77. The maximum absolute atomic E-state index is 12.4. The zero-order valence-electron chi connectivity index (χ0n) is 15.1. The van der Waals surface area contributed by atoms with Crippen LogP contribution in [-0.2, 0) is 5.54 Å². The van der Waals surface area contributed by atoms with Crippen LogP contribution in [0.25, 0.3) is 0 Å². The number of hydrogen-bond donors (Lipinski definition) is 2. The van der Waals surface area contributed by atoms with Crippen LogP contribution in [0, 0.1) is 0 Å². The Hall–Kier alpha value is -2.66. The van der Waals surface area contributed by atoms with E-state index in [1.165, 1.54) is 19.9 Å². The molecule has 0 aliphatic carbocycles. The van der Waals surface area contributed by atoms with Crippen molar-refractivity contribution in [1.29, 1.82) is 0 Å². The van der Waals surface area contributed by atoms with Gasteiger partial charge in [-0.25, -0.2) is 4.79 Å². The number of ketones is 2. The van der Waals surface area contributed by atoms with Crippen molar-refractivity contribution in [2.45, 2.75) is 33.2 Å².